The molecule has 156 valence electrons. The molecule has 29 heavy (non-hydrogen) atoms. The standard InChI is InChI=1S/C20H22F4N3OP/c1-26-13-17(27-7-5-25-6-8-27)2-3-19(26)29-18(4-9-28)14-10-15(20(22,23)24)12-16(21)11-14/h2-4,9-13,19,25,29H,5-8H2,1H3/b18-4-. The monoisotopic (exact) mass is 427 g/mol. The molecule has 1 aromatic carbocycles. The first kappa shape index (κ1) is 21.5. The number of piperazine rings is 1. The van der Waals surface area contributed by atoms with Crippen LogP contribution in [0.4, 0.5) is 17.6 Å². The Balaban J connectivity index is 1.80. The van der Waals surface area contributed by atoms with Crippen LogP contribution in [0.1, 0.15) is 11.1 Å². The van der Waals surface area contributed by atoms with Gasteiger partial charge in [0.05, 0.1) is 17.0 Å². The first-order valence-corrected chi connectivity index (χ1v) is 10.2. The maximum atomic E-state index is 13.8. The minimum Gasteiger partial charge on any atom is -0.368 e. The smallest absolute Gasteiger partial charge is 0.368 e. The van der Waals surface area contributed by atoms with E-state index in [1.807, 2.05) is 30.3 Å². The van der Waals surface area contributed by atoms with Crippen molar-refractivity contribution in [2.45, 2.75) is 12.0 Å². The van der Waals surface area contributed by atoms with Gasteiger partial charge in [0, 0.05) is 39.4 Å². The minimum absolute atomic E-state index is 0.0284. The summed E-state index contributed by atoms with van der Waals surface area (Å²) >= 11 is 0. The third-order valence-electron chi connectivity index (χ3n) is 4.78. The molecule has 0 amide bonds. The third kappa shape index (κ3) is 5.46. The van der Waals surface area contributed by atoms with E-state index in [1.165, 1.54) is 6.08 Å². The number of alkyl halides is 3. The number of nitrogens with zero attached hydrogens (tertiary/aromatic N) is 2. The van der Waals surface area contributed by atoms with Crippen LogP contribution in [0.25, 0.3) is 5.31 Å². The van der Waals surface area contributed by atoms with Crippen molar-refractivity contribution in [3.63, 3.8) is 0 Å². The molecular weight excluding hydrogens is 405 g/mol. The van der Waals surface area contributed by atoms with Gasteiger partial charge in [-0.3, -0.25) is 4.79 Å². The molecule has 2 aliphatic heterocycles. The number of aldehydes is 1. The number of likely N-dealkylation sites (N-methyl/N-ethyl adjacent to an activating group) is 1. The maximum absolute atomic E-state index is 13.8. The van der Waals surface area contributed by atoms with E-state index in [0.29, 0.717) is 17.7 Å². The molecule has 0 spiro atoms. The molecular formula is C20H22F4N3OP. The largest absolute Gasteiger partial charge is 0.416 e. The average molecular weight is 427 g/mol. The zero-order valence-electron chi connectivity index (χ0n) is 15.8. The molecule has 9 heteroatoms. The predicted molar refractivity (Wildman–Crippen MR) is 107 cm³/mol. The van der Waals surface area contributed by atoms with Gasteiger partial charge >= 0.3 is 6.18 Å². The van der Waals surface area contributed by atoms with Crippen molar-refractivity contribution >= 4 is 20.2 Å². The second-order valence-corrected chi connectivity index (χ2v) is 8.27. The van der Waals surface area contributed by atoms with Crippen LogP contribution < -0.4 is 5.32 Å². The Hall–Kier alpha value is -2.18. The molecule has 0 radical (unpaired) electrons. The van der Waals surface area contributed by atoms with Crippen molar-refractivity contribution in [3.8, 4) is 0 Å². The fourth-order valence-corrected chi connectivity index (χ4v) is 4.55. The number of benzene rings is 1. The number of halogens is 4. The van der Waals surface area contributed by atoms with Gasteiger partial charge in [-0.2, -0.15) is 13.2 Å². The lowest BCUT2D eigenvalue weighted by atomic mass is 10.1. The summed E-state index contributed by atoms with van der Waals surface area (Å²) in [5, 5.41) is 3.68. The molecule has 0 saturated carbocycles. The van der Waals surface area contributed by atoms with Crippen LogP contribution in [0.5, 0.6) is 0 Å². The topological polar surface area (TPSA) is 35.6 Å². The van der Waals surface area contributed by atoms with E-state index >= 15 is 0 Å². The number of carbonyl (C=O) groups is 1. The lowest BCUT2D eigenvalue weighted by Crippen LogP contribution is -2.43. The second-order valence-electron chi connectivity index (χ2n) is 6.85. The van der Waals surface area contributed by atoms with Gasteiger partial charge in [0.2, 0.25) is 0 Å². The van der Waals surface area contributed by atoms with E-state index < -0.39 is 17.6 Å². The first-order valence-electron chi connectivity index (χ1n) is 9.16. The summed E-state index contributed by atoms with van der Waals surface area (Å²) in [6.45, 7) is 3.62. The third-order valence-corrected chi connectivity index (χ3v) is 6.44. The van der Waals surface area contributed by atoms with E-state index in [2.05, 4.69) is 10.2 Å². The highest BCUT2D eigenvalue weighted by Crippen LogP contribution is 2.42. The Morgan fingerprint density at radius 3 is 2.59 bits per heavy atom. The number of hydrogen-bond donors (Lipinski definition) is 1. The van der Waals surface area contributed by atoms with E-state index in [9.17, 15) is 22.4 Å². The van der Waals surface area contributed by atoms with Gasteiger partial charge in [0.1, 0.15) is 12.1 Å². The molecule has 1 aromatic rings. The van der Waals surface area contributed by atoms with E-state index in [0.717, 1.165) is 44.0 Å². The summed E-state index contributed by atoms with van der Waals surface area (Å²) in [7, 11) is 1.86. The highest BCUT2D eigenvalue weighted by molar-refractivity contribution is 7.51. The Morgan fingerprint density at radius 1 is 1.24 bits per heavy atom. The molecule has 0 aliphatic carbocycles. The maximum Gasteiger partial charge on any atom is 0.416 e. The summed E-state index contributed by atoms with van der Waals surface area (Å²) in [6, 6.07) is 2.38. The SMILES string of the molecule is CN1C=C(N2CCNCC2)C=CC1P/C(=C\C=O)c1cc(F)cc(C(F)(F)F)c1. The molecule has 2 heterocycles. The zero-order valence-corrected chi connectivity index (χ0v) is 16.8. The predicted octanol–water partition coefficient (Wildman–Crippen LogP) is 3.64. The zero-order chi connectivity index (χ0) is 21.0. The van der Waals surface area contributed by atoms with E-state index in [-0.39, 0.29) is 19.9 Å². The summed E-state index contributed by atoms with van der Waals surface area (Å²) in [5.41, 5.74) is 0.0741. The van der Waals surface area contributed by atoms with Crippen LogP contribution >= 0.6 is 8.58 Å². The molecule has 0 bridgehead atoms. The van der Waals surface area contributed by atoms with Crippen LogP contribution in [0.2, 0.25) is 0 Å². The van der Waals surface area contributed by atoms with Crippen LogP contribution in [-0.2, 0) is 11.0 Å². The molecule has 4 nitrogen and oxygen atoms in total. The number of carbonyl (C=O) groups excluding carboxylic acids is 1. The summed E-state index contributed by atoms with van der Waals surface area (Å²) in [6.07, 6.45) is 3.04. The lowest BCUT2D eigenvalue weighted by molar-refractivity contribution is -0.137. The molecule has 1 fully saturated rings. The van der Waals surface area contributed by atoms with Gasteiger partial charge in [-0.15, -0.1) is 0 Å². The van der Waals surface area contributed by atoms with Crippen LogP contribution in [0, 0.1) is 5.82 Å². The Labute approximate surface area is 168 Å². The molecule has 1 N–H and O–H groups in total. The minimum atomic E-state index is -4.66. The van der Waals surface area contributed by atoms with Crippen molar-refractivity contribution < 1.29 is 22.4 Å². The van der Waals surface area contributed by atoms with Gasteiger partial charge in [-0.25, -0.2) is 4.39 Å². The Bertz CT molecular complexity index is 845. The molecule has 2 unspecified atom stereocenters. The van der Waals surface area contributed by atoms with Crippen LogP contribution in [0.3, 0.4) is 0 Å². The average Bonchev–Trinajstić information content (AvgIpc) is 2.68. The molecule has 3 rings (SSSR count). The molecule has 2 aliphatic rings. The summed E-state index contributed by atoms with van der Waals surface area (Å²) in [5.74, 6) is -1.12. The first-order chi connectivity index (χ1) is 13.8. The normalized spacial score (nSPS) is 21.1. The van der Waals surface area contributed by atoms with Gasteiger partial charge < -0.3 is 15.1 Å². The molecule has 1 saturated heterocycles. The molecule has 0 aromatic heterocycles. The Morgan fingerprint density at radius 2 is 1.97 bits per heavy atom. The van der Waals surface area contributed by atoms with Crippen molar-refractivity contribution in [2.24, 2.45) is 0 Å². The second kappa shape index (κ2) is 9.09. The quantitative estimate of drug-likeness (QED) is 0.337. The number of nitrogens with one attached hydrogen (secondary N) is 1. The number of hydrogen-bond acceptors (Lipinski definition) is 4. The van der Waals surface area contributed by atoms with E-state index in [4.69, 9.17) is 0 Å². The lowest BCUT2D eigenvalue weighted by Gasteiger charge is -2.35. The van der Waals surface area contributed by atoms with Gasteiger partial charge in [-0.1, -0.05) is 14.7 Å². The van der Waals surface area contributed by atoms with Crippen LogP contribution in [-0.4, -0.2) is 55.1 Å². The number of rotatable bonds is 5. The highest BCUT2D eigenvalue weighted by atomic mass is 31.1. The van der Waals surface area contributed by atoms with Crippen LogP contribution in [0.15, 0.2) is 48.3 Å². The van der Waals surface area contributed by atoms with Crippen molar-refractivity contribution in [1.29, 1.82) is 0 Å². The van der Waals surface area contributed by atoms with Gasteiger partial charge in [0.15, 0.2) is 0 Å². The van der Waals surface area contributed by atoms with E-state index in [1.54, 1.807) is 0 Å². The Kier molecular flexibility index (Phi) is 6.75. The fraction of sp³-hybridized carbons (Fsp3) is 0.350. The fourth-order valence-electron chi connectivity index (χ4n) is 3.28. The van der Waals surface area contributed by atoms with Crippen molar-refractivity contribution in [1.82, 2.24) is 15.1 Å². The highest BCUT2D eigenvalue weighted by Gasteiger charge is 2.32. The van der Waals surface area contributed by atoms with Crippen molar-refractivity contribution in [2.75, 3.05) is 33.2 Å². The number of allylic oxidation sites excluding steroid dienone is 2. The summed E-state index contributed by atoms with van der Waals surface area (Å²) < 4.78 is 53.0. The summed E-state index contributed by atoms with van der Waals surface area (Å²) in [4.78, 5) is 15.3. The van der Waals surface area contributed by atoms with Gasteiger partial charge in [-0.05, 0) is 41.2 Å². The molecule has 2 atom stereocenters. The van der Waals surface area contributed by atoms with Gasteiger partial charge in [0.25, 0.3) is 0 Å². The van der Waals surface area contributed by atoms with Crippen molar-refractivity contribution in [3.05, 3.63) is 65.3 Å².